The summed E-state index contributed by atoms with van der Waals surface area (Å²) in [6, 6.07) is 10.2. The molecule has 0 aromatic heterocycles. The molecule has 0 radical (unpaired) electrons. The highest BCUT2D eigenvalue weighted by Gasteiger charge is 2.61. The number of carbonyl (C=O) groups excluding carboxylic acids is 4. The minimum absolute atomic E-state index is 0.0347. The van der Waals surface area contributed by atoms with Crippen LogP contribution in [0.4, 0.5) is 26.2 Å². The van der Waals surface area contributed by atoms with E-state index in [0.29, 0.717) is 30.0 Å². The highest BCUT2D eigenvalue weighted by Crippen LogP contribution is 2.45. The van der Waals surface area contributed by atoms with Gasteiger partial charge >= 0.3 is 6.03 Å². The van der Waals surface area contributed by atoms with Gasteiger partial charge in [0, 0.05) is 37.9 Å². The number of barbiturate groups is 1. The van der Waals surface area contributed by atoms with Gasteiger partial charge in [0.25, 0.3) is 0 Å². The number of para-hydroxylation sites is 1. The quantitative estimate of drug-likeness (QED) is 0.595. The molecule has 0 unspecified atom stereocenters. The molecule has 5 amide bonds. The summed E-state index contributed by atoms with van der Waals surface area (Å²) in [6.07, 6.45) is 0.0347. The second kappa shape index (κ2) is 7.58. The second-order valence-corrected chi connectivity index (χ2v) is 8.52. The smallest absolute Gasteiger partial charge is 0.328 e. The molecule has 33 heavy (non-hydrogen) atoms. The van der Waals surface area contributed by atoms with Crippen LogP contribution >= 0.6 is 0 Å². The van der Waals surface area contributed by atoms with Crippen LogP contribution < -0.4 is 25.8 Å². The molecule has 10 heteroatoms. The van der Waals surface area contributed by atoms with Gasteiger partial charge in [0.1, 0.15) is 5.82 Å². The average molecular weight is 451 g/mol. The minimum Gasteiger partial charge on any atom is -0.365 e. The van der Waals surface area contributed by atoms with E-state index in [9.17, 15) is 23.6 Å². The summed E-state index contributed by atoms with van der Waals surface area (Å²) in [5.74, 6) is -1.99. The SMILES string of the molecule is CC(=O)Nc1ccc2c(c1)CC1(C(=O)NC(=O)NC1=O)[C@@H]1CN(c3ccccc3F)CCN21. The molecule has 3 aliphatic heterocycles. The number of hydrogen-bond acceptors (Lipinski definition) is 6. The molecule has 0 aliphatic carbocycles. The van der Waals surface area contributed by atoms with E-state index in [4.69, 9.17) is 0 Å². The summed E-state index contributed by atoms with van der Waals surface area (Å²) in [7, 11) is 0. The maximum Gasteiger partial charge on any atom is 0.328 e. The van der Waals surface area contributed by atoms with Gasteiger partial charge in [-0.15, -0.1) is 0 Å². The molecule has 2 saturated heterocycles. The molecule has 1 atom stereocenters. The first-order valence-electron chi connectivity index (χ1n) is 10.6. The lowest BCUT2D eigenvalue weighted by Crippen LogP contribution is -2.74. The van der Waals surface area contributed by atoms with Gasteiger partial charge in [0.2, 0.25) is 17.7 Å². The molecule has 1 spiro atoms. The van der Waals surface area contributed by atoms with Crippen molar-refractivity contribution in [1.82, 2.24) is 10.6 Å². The Morgan fingerprint density at radius 2 is 1.79 bits per heavy atom. The third-order valence-corrected chi connectivity index (χ3v) is 6.59. The van der Waals surface area contributed by atoms with Gasteiger partial charge in [-0.3, -0.25) is 25.0 Å². The van der Waals surface area contributed by atoms with Crippen molar-refractivity contribution < 1.29 is 23.6 Å². The van der Waals surface area contributed by atoms with Crippen LogP contribution in [-0.2, 0) is 20.8 Å². The molecule has 3 N–H and O–H groups in total. The average Bonchev–Trinajstić information content (AvgIpc) is 2.76. The van der Waals surface area contributed by atoms with Crippen molar-refractivity contribution in [3.8, 4) is 0 Å². The number of halogens is 1. The van der Waals surface area contributed by atoms with Crippen molar-refractivity contribution in [3.05, 3.63) is 53.8 Å². The first kappa shape index (κ1) is 20.9. The third kappa shape index (κ3) is 3.29. The summed E-state index contributed by atoms with van der Waals surface area (Å²) in [4.78, 5) is 53.7. The number of nitrogens with one attached hydrogen (secondary N) is 3. The molecule has 0 saturated carbocycles. The summed E-state index contributed by atoms with van der Waals surface area (Å²) >= 11 is 0. The number of rotatable bonds is 2. The highest BCUT2D eigenvalue weighted by molar-refractivity contribution is 6.20. The van der Waals surface area contributed by atoms with E-state index in [2.05, 4.69) is 16.0 Å². The highest BCUT2D eigenvalue weighted by atomic mass is 19.1. The Morgan fingerprint density at radius 3 is 2.48 bits per heavy atom. The third-order valence-electron chi connectivity index (χ3n) is 6.59. The number of nitrogens with zero attached hydrogens (tertiary/aromatic N) is 2. The van der Waals surface area contributed by atoms with Crippen molar-refractivity contribution >= 4 is 40.8 Å². The number of carbonyl (C=O) groups is 4. The van der Waals surface area contributed by atoms with Crippen molar-refractivity contribution in [2.75, 3.05) is 34.8 Å². The van der Waals surface area contributed by atoms with Crippen LogP contribution in [0.15, 0.2) is 42.5 Å². The Bertz CT molecular complexity index is 1180. The monoisotopic (exact) mass is 451 g/mol. The number of anilines is 3. The molecular formula is C23H22FN5O4. The van der Waals surface area contributed by atoms with Crippen LogP contribution in [0.1, 0.15) is 12.5 Å². The van der Waals surface area contributed by atoms with Gasteiger partial charge in [0.05, 0.1) is 11.7 Å². The van der Waals surface area contributed by atoms with E-state index >= 15 is 0 Å². The fourth-order valence-electron chi connectivity index (χ4n) is 5.15. The second-order valence-electron chi connectivity index (χ2n) is 8.52. The summed E-state index contributed by atoms with van der Waals surface area (Å²) in [5.41, 5.74) is 0.890. The van der Waals surface area contributed by atoms with Crippen molar-refractivity contribution in [2.45, 2.75) is 19.4 Å². The van der Waals surface area contributed by atoms with Gasteiger partial charge in [0.15, 0.2) is 5.41 Å². The van der Waals surface area contributed by atoms with Gasteiger partial charge < -0.3 is 15.1 Å². The number of piperazine rings is 1. The molecular weight excluding hydrogens is 429 g/mol. The molecule has 0 bridgehead atoms. The lowest BCUT2D eigenvalue weighted by atomic mass is 9.68. The van der Waals surface area contributed by atoms with Gasteiger partial charge in [-0.25, -0.2) is 9.18 Å². The predicted molar refractivity (Wildman–Crippen MR) is 118 cm³/mol. The fraction of sp³-hybridized carbons (Fsp3) is 0.304. The van der Waals surface area contributed by atoms with Crippen molar-refractivity contribution in [3.63, 3.8) is 0 Å². The van der Waals surface area contributed by atoms with Crippen LogP contribution in [0.2, 0.25) is 0 Å². The summed E-state index contributed by atoms with van der Waals surface area (Å²) < 4.78 is 14.5. The van der Waals surface area contributed by atoms with E-state index in [1.165, 1.54) is 13.0 Å². The Labute approximate surface area is 188 Å². The van der Waals surface area contributed by atoms with Crippen LogP contribution in [0.5, 0.6) is 0 Å². The van der Waals surface area contributed by atoms with E-state index in [1.54, 1.807) is 30.3 Å². The number of fused-ring (bicyclic) bond motifs is 4. The minimum atomic E-state index is -1.60. The first-order valence-corrected chi connectivity index (χ1v) is 10.6. The molecule has 2 fully saturated rings. The Hall–Kier alpha value is -3.95. The van der Waals surface area contributed by atoms with Crippen LogP contribution in [-0.4, -0.2) is 49.4 Å². The number of urea groups is 1. The number of imide groups is 2. The zero-order chi connectivity index (χ0) is 23.3. The van der Waals surface area contributed by atoms with Gasteiger partial charge in [-0.1, -0.05) is 12.1 Å². The Morgan fingerprint density at radius 1 is 1.06 bits per heavy atom. The zero-order valence-electron chi connectivity index (χ0n) is 17.9. The number of benzene rings is 2. The summed E-state index contributed by atoms with van der Waals surface area (Å²) in [6.45, 7) is 2.51. The number of hydrogen-bond donors (Lipinski definition) is 3. The molecule has 5 rings (SSSR count). The normalized spacial score (nSPS) is 21.2. The summed E-state index contributed by atoms with van der Waals surface area (Å²) in [5, 5.41) is 7.22. The first-order chi connectivity index (χ1) is 15.8. The zero-order valence-corrected chi connectivity index (χ0v) is 17.9. The van der Waals surface area contributed by atoms with E-state index < -0.39 is 29.3 Å². The van der Waals surface area contributed by atoms with Crippen molar-refractivity contribution in [1.29, 1.82) is 0 Å². The fourth-order valence-corrected chi connectivity index (χ4v) is 5.15. The lowest BCUT2D eigenvalue weighted by Gasteiger charge is -2.54. The van der Waals surface area contributed by atoms with Crippen LogP contribution in [0, 0.1) is 11.2 Å². The molecule has 3 aliphatic rings. The maximum absolute atomic E-state index is 14.5. The van der Waals surface area contributed by atoms with E-state index in [0.717, 1.165) is 5.69 Å². The molecule has 3 heterocycles. The van der Waals surface area contributed by atoms with Crippen LogP contribution in [0.25, 0.3) is 0 Å². The van der Waals surface area contributed by atoms with Gasteiger partial charge in [-0.2, -0.15) is 0 Å². The Kier molecular flexibility index (Phi) is 4.80. The van der Waals surface area contributed by atoms with E-state index in [-0.39, 0.29) is 24.7 Å². The van der Waals surface area contributed by atoms with Gasteiger partial charge in [-0.05, 0) is 42.3 Å². The predicted octanol–water partition coefficient (Wildman–Crippen LogP) is 1.39. The maximum atomic E-state index is 14.5. The van der Waals surface area contributed by atoms with Crippen LogP contribution in [0.3, 0.4) is 0 Å². The van der Waals surface area contributed by atoms with E-state index in [1.807, 2.05) is 15.9 Å². The topological polar surface area (TPSA) is 111 Å². The largest absolute Gasteiger partial charge is 0.365 e. The molecule has 9 nitrogen and oxygen atoms in total. The number of amides is 5. The lowest BCUT2D eigenvalue weighted by molar-refractivity contribution is -0.146. The molecule has 170 valence electrons. The molecule has 2 aromatic carbocycles. The standard InChI is InChI=1S/C23H22FN5O4/c1-13(30)25-15-6-7-17-14(10-15)11-23(20(31)26-22(33)27-21(23)32)19-12-28(8-9-29(17)19)18-5-3-2-4-16(18)24/h2-7,10,19H,8-9,11-12H2,1H3,(H,25,30)(H2,26,27,31,32,33)/t19-/m0/s1. The van der Waals surface area contributed by atoms with Crippen molar-refractivity contribution in [2.24, 2.45) is 5.41 Å². The molecule has 2 aromatic rings. The Balaban J connectivity index is 1.61.